The first-order chi connectivity index (χ1) is 7.33. The van der Waals surface area contributed by atoms with Crippen LogP contribution < -0.4 is 5.73 Å². The van der Waals surface area contributed by atoms with Gasteiger partial charge in [-0.25, -0.2) is 0 Å². The number of unbranched alkanes of at least 4 members (excludes halogenated alkanes) is 4. The first-order valence-corrected chi connectivity index (χ1v) is 5.85. The molecule has 82 valence electrons. The van der Waals surface area contributed by atoms with Gasteiger partial charge in [0.1, 0.15) is 0 Å². The molecule has 2 N–H and O–H groups in total. The maximum Gasteiger partial charge on any atom is 0.0314 e. The third-order valence-corrected chi connectivity index (χ3v) is 2.47. The molecule has 1 aromatic carbocycles. The Morgan fingerprint density at radius 2 is 1.80 bits per heavy atom. The van der Waals surface area contributed by atoms with Crippen LogP contribution in [0.4, 0.5) is 5.69 Å². The summed E-state index contributed by atoms with van der Waals surface area (Å²) in [6.07, 6.45) is 10.9. The zero-order valence-corrected chi connectivity index (χ0v) is 9.58. The van der Waals surface area contributed by atoms with Crippen molar-refractivity contribution in [3.63, 3.8) is 0 Å². The average molecular weight is 203 g/mol. The fourth-order valence-corrected chi connectivity index (χ4v) is 1.52. The minimum Gasteiger partial charge on any atom is -0.399 e. The number of anilines is 1. The van der Waals surface area contributed by atoms with Gasteiger partial charge in [0.05, 0.1) is 0 Å². The van der Waals surface area contributed by atoms with E-state index in [9.17, 15) is 0 Å². The molecule has 0 saturated heterocycles. The smallest absolute Gasteiger partial charge is 0.0314 e. The van der Waals surface area contributed by atoms with Crippen LogP contribution in [0.3, 0.4) is 0 Å². The summed E-state index contributed by atoms with van der Waals surface area (Å²) in [7, 11) is 0. The summed E-state index contributed by atoms with van der Waals surface area (Å²) in [5, 5.41) is 0. The lowest BCUT2D eigenvalue weighted by atomic mass is 10.1. The van der Waals surface area contributed by atoms with Gasteiger partial charge in [-0.3, -0.25) is 0 Å². The molecule has 1 nitrogen and oxygen atoms in total. The number of hydrogen-bond acceptors (Lipinski definition) is 1. The molecule has 0 heterocycles. The molecule has 0 saturated carbocycles. The minimum atomic E-state index is 0.829. The van der Waals surface area contributed by atoms with Crippen molar-refractivity contribution >= 4 is 11.8 Å². The zero-order valence-electron chi connectivity index (χ0n) is 9.58. The summed E-state index contributed by atoms with van der Waals surface area (Å²) in [5.74, 6) is 0. The highest BCUT2D eigenvalue weighted by molar-refractivity contribution is 5.53. The Morgan fingerprint density at radius 3 is 2.47 bits per heavy atom. The van der Waals surface area contributed by atoms with E-state index >= 15 is 0 Å². The Labute approximate surface area is 93.0 Å². The van der Waals surface area contributed by atoms with Crippen molar-refractivity contribution in [3.05, 3.63) is 35.9 Å². The maximum absolute atomic E-state index is 5.61. The molecule has 0 spiro atoms. The van der Waals surface area contributed by atoms with Gasteiger partial charge in [0, 0.05) is 5.69 Å². The van der Waals surface area contributed by atoms with Crippen molar-refractivity contribution in [2.75, 3.05) is 5.73 Å². The molecule has 0 radical (unpaired) electrons. The van der Waals surface area contributed by atoms with Crippen LogP contribution in [0.2, 0.25) is 0 Å². The highest BCUT2D eigenvalue weighted by atomic mass is 14.5. The molecule has 1 rings (SSSR count). The van der Waals surface area contributed by atoms with E-state index in [4.69, 9.17) is 5.73 Å². The van der Waals surface area contributed by atoms with E-state index in [1.54, 1.807) is 0 Å². The van der Waals surface area contributed by atoms with E-state index in [0.717, 1.165) is 5.69 Å². The summed E-state index contributed by atoms with van der Waals surface area (Å²) in [5.41, 5.74) is 7.68. The van der Waals surface area contributed by atoms with E-state index < -0.39 is 0 Å². The Kier molecular flexibility index (Phi) is 5.60. The van der Waals surface area contributed by atoms with E-state index in [-0.39, 0.29) is 0 Å². The van der Waals surface area contributed by atoms with Crippen LogP contribution in [0.25, 0.3) is 6.08 Å². The van der Waals surface area contributed by atoms with Gasteiger partial charge in [0.2, 0.25) is 0 Å². The molecule has 0 aromatic heterocycles. The van der Waals surface area contributed by atoms with Crippen molar-refractivity contribution in [2.24, 2.45) is 0 Å². The first-order valence-electron chi connectivity index (χ1n) is 5.85. The molecule has 0 aliphatic rings. The molecular weight excluding hydrogens is 182 g/mol. The topological polar surface area (TPSA) is 26.0 Å². The second-order valence-corrected chi connectivity index (χ2v) is 3.92. The molecule has 0 aliphatic heterocycles. The lowest BCUT2D eigenvalue weighted by Crippen LogP contribution is -1.82. The van der Waals surface area contributed by atoms with Crippen LogP contribution in [-0.2, 0) is 0 Å². The number of rotatable bonds is 6. The van der Waals surface area contributed by atoms with Crippen molar-refractivity contribution in [1.82, 2.24) is 0 Å². The Hall–Kier alpha value is -1.24. The van der Waals surface area contributed by atoms with Gasteiger partial charge in [0.15, 0.2) is 0 Å². The number of allylic oxidation sites excluding steroid dienone is 1. The van der Waals surface area contributed by atoms with E-state index in [2.05, 4.69) is 31.2 Å². The largest absolute Gasteiger partial charge is 0.399 e. The number of nitrogen functional groups attached to an aromatic ring is 1. The van der Waals surface area contributed by atoms with Gasteiger partial charge in [-0.05, 0) is 30.5 Å². The predicted octanol–water partition coefficient (Wildman–Crippen LogP) is 4.25. The molecule has 0 unspecified atom stereocenters. The van der Waals surface area contributed by atoms with Crippen LogP contribution in [0.15, 0.2) is 30.3 Å². The van der Waals surface area contributed by atoms with Crippen molar-refractivity contribution in [1.29, 1.82) is 0 Å². The van der Waals surface area contributed by atoms with Crippen LogP contribution in [0.1, 0.15) is 44.6 Å². The fourth-order valence-electron chi connectivity index (χ4n) is 1.52. The van der Waals surface area contributed by atoms with Crippen molar-refractivity contribution in [2.45, 2.75) is 39.0 Å². The van der Waals surface area contributed by atoms with Gasteiger partial charge >= 0.3 is 0 Å². The summed E-state index contributed by atoms with van der Waals surface area (Å²) >= 11 is 0. The zero-order chi connectivity index (χ0) is 10.9. The Morgan fingerprint density at radius 1 is 1.07 bits per heavy atom. The Bertz CT molecular complexity index is 285. The fraction of sp³-hybridized carbons (Fsp3) is 0.429. The molecule has 0 fully saturated rings. The third kappa shape index (κ3) is 5.26. The van der Waals surface area contributed by atoms with Crippen LogP contribution in [0, 0.1) is 0 Å². The maximum atomic E-state index is 5.61. The van der Waals surface area contributed by atoms with Gasteiger partial charge in [-0.15, -0.1) is 0 Å². The van der Waals surface area contributed by atoms with Gasteiger partial charge in [-0.2, -0.15) is 0 Å². The van der Waals surface area contributed by atoms with Gasteiger partial charge < -0.3 is 5.73 Å². The number of hydrogen-bond donors (Lipinski definition) is 1. The normalized spacial score (nSPS) is 11.0. The lowest BCUT2D eigenvalue weighted by molar-refractivity contribution is 0.675. The molecule has 0 amide bonds. The van der Waals surface area contributed by atoms with E-state index in [1.807, 2.05) is 12.1 Å². The summed E-state index contributed by atoms with van der Waals surface area (Å²) < 4.78 is 0. The van der Waals surface area contributed by atoms with Crippen LogP contribution in [-0.4, -0.2) is 0 Å². The average Bonchev–Trinajstić information content (AvgIpc) is 2.26. The standard InChI is InChI=1S/C14H21N/c1-2-3-4-5-6-7-8-13-9-11-14(15)12-10-13/h7-12H,2-6,15H2,1H3/b8-7+. The third-order valence-electron chi connectivity index (χ3n) is 2.47. The second-order valence-electron chi connectivity index (χ2n) is 3.92. The van der Waals surface area contributed by atoms with Crippen molar-refractivity contribution < 1.29 is 0 Å². The highest BCUT2D eigenvalue weighted by Gasteiger charge is 1.87. The number of nitrogens with two attached hydrogens (primary N) is 1. The minimum absolute atomic E-state index is 0.829. The van der Waals surface area contributed by atoms with E-state index in [0.29, 0.717) is 0 Å². The second kappa shape index (κ2) is 7.10. The number of benzene rings is 1. The molecular formula is C14H21N. The van der Waals surface area contributed by atoms with Gasteiger partial charge in [0.25, 0.3) is 0 Å². The molecule has 0 aliphatic carbocycles. The quantitative estimate of drug-likeness (QED) is 0.542. The van der Waals surface area contributed by atoms with Gasteiger partial charge in [-0.1, -0.05) is 50.5 Å². The highest BCUT2D eigenvalue weighted by Crippen LogP contribution is 2.09. The molecule has 0 atom stereocenters. The van der Waals surface area contributed by atoms with Crippen molar-refractivity contribution in [3.8, 4) is 0 Å². The molecule has 1 heteroatoms. The monoisotopic (exact) mass is 203 g/mol. The summed E-state index contributed by atoms with van der Waals surface area (Å²) in [6, 6.07) is 7.99. The van der Waals surface area contributed by atoms with E-state index in [1.165, 1.54) is 37.7 Å². The predicted molar refractivity (Wildman–Crippen MR) is 68.6 cm³/mol. The first kappa shape index (κ1) is 11.8. The lowest BCUT2D eigenvalue weighted by Gasteiger charge is -1.96. The van der Waals surface area contributed by atoms with Crippen LogP contribution in [0.5, 0.6) is 0 Å². The van der Waals surface area contributed by atoms with Crippen LogP contribution >= 0.6 is 0 Å². The SMILES string of the molecule is CCCCCC/C=C/c1ccc(N)cc1. The summed E-state index contributed by atoms with van der Waals surface area (Å²) in [6.45, 7) is 2.24. The molecule has 1 aromatic rings. The summed E-state index contributed by atoms with van der Waals surface area (Å²) in [4.78, 5) is 0. The molecule has 15 heavy (non-hydrogen) atoms. The molecule has 0 bridgehead atoms. The Balaban J connectivity index is 2.23.